The number of halogens is 1. The molecule has 47 heavy (non-hydrogen) atoms. The molecule has 0 aromatic heterocycles. The Morgan fingerprint density at radius 3 is 2.40 bits per heavy atom. The standard InChI is InChI=1S/C34H48ClN9O3/c1-24-20-25(21-28(35)31(24)36)22-30(32(45)40-15-18-43(19-16-40)42-11-5-10-39(2)14-17-42)38-33(46)41-12-8-27(9-13-41)44-23-26-6-3-4-7-29(26)37-34(44)47/h3-4,6-7,20-21,27,30H,5,8-19,22-23,36H2,1-2H3,(H,37,47)(H,38,46)/t30-/m1/s1. The zero-order valence-corrected chi connectivity index (χ0v) is 28.3. The lowest BCUT2D eigenvalue weighted by atomic mass is 10.0. The van der Waals surface area contributed by atoms with Gasteiger partial charge in [-0.25, -0.2) is 19.6 Å². The van der Waals surface area contributed by atoms with E-state index in [1.807, 2.05) is 47.1 Å². The maximum Gasteiger partial charge on any atom is 0.322 e. The number of carbonyl (C=O) groups is 3. The maximum atomic E-state index is 14.1. The van der Waals surface area contributed by atoms with Crippen molar-refractivity contribution in [2.45, 2.75) is 51.2 Å². The number of hydrogen-bond acceptors (Lipinski definition) is 7. The average molecular weight is 666 g/mol. The summed E-state index contributed by atoms with van der Waals surface area (Å²) in [6.07, 6.45) is 2.78. The van der Waals surface area contributed by atoms with Crippen LogP contribution in [0.25, 0.3) is 0 Å². The molecule has 5 amide bonds. The minimum atomic E-state index is -0.748. The highest BCUT2D eigenvalue weighted by Gasteiger charge is 2.35. The van der Waals surface area contributed by atoms with Crippen LogP contribution in [0.2, 0.25) is 5.02 Å². The summed E-state index contributed by atoms with van der Waals surface area (Å²) in [6, 6.07) is 10.5. The van der Waals surface area contributed by atoms with E-state index in [1.54, 1.807) is 11.0 Å². The van der Waals surface area contributed by atoms with Crippen molar-refractivity contribution in [2.24, 2.45) is 0 Å². The van der Waals surface area contributed by atoms with Crippen LogP contribution in [0.4, 0.5) is 21.0 Å². The monoisotopic (exact) mass is 665 g/mol. The zero-order chi connectivity index (χ0) is 33.1. The molecule has 0 bridgehead atoms. The molecule has 0 aliphatic carbocycles. The van der Waals surface area contributed by atoms with Crippen molar-refractivity contribution in [3.63, 3.8) is 0 Å². The Morgan fingerprint density at radius 1 is 0.957 bits per heavy atom. The number of fused-ring (bicyclic) bond motifs is 1. The molecule has 3 fully saturated rings. The molecule has 13 heteroatoms. The van der Waals surface area contributed by atoms with Crippen molar-refractivity contribution in [1.82, 2.24) is 34.9 Å². The molecule has 0 saturated carbocycles. The Morgan fingerprint density at radius 2 is 1.66 bits per heavy atom. The number of carbonyl (C=O) groups excluding carboxylic acids is 3. The molecule has 0 spiro atoms. The number of likely N-dealkylation sites (N-methyl/N-ethyl adjacent to an activating group) is 1. The van der Waals surface area contributed by atoms with Crippen LogP contribution in [0, 0.1) is 6.92 Å². The number of anilines is 2. The molecule has 254 valence electrons. The topological polar surface area (TPSA) is 121 Å². The van der Waals surface area contributed by atoms with Crippen molar-refractivity contribution in [2.75, 3.05) is 83.5 Å². The number of nitrogen functional groups attached to an aromatic ring is 1. The third-order valence-electron chi connectivity index (χ3n) is 10.1. The van der Waals surface area contributed by atoms with E-state index in [0.29, 0.717) is 62.7 Å². The lowest BCUT2D eigenvalue weighted by molar-refractivity contribution is -0.138. The molecule has 2 aromatic rings. The van der Waals surface area contributed by atoms with Crippen molar-refractivity contribution >= 4 is 40.9 Å². The second-order valence-corrected chi connectivity index (χ2v) is 13.7. The number of piperidine rings is 1. The summed E-state index contributed by atoms with van der Waals surface area (Å²) < 4.78 is 0. The van der Waals surface area contributed by atoms with E-state index < -0.39 is 6.04 Å². The Labute approximate surface area is 282 Å². The van der Waals surface area contributed by atoms with Crippen molar-refractivity contribution in [3.05, 3.63) is 58.1 Å². The van der Waals surface area contributed by atoms with Crippen molar-refractivity contribution < 1.29 is 14.4 Å². The first kappa shape index (κ1) is 33.3. The lowest BCUT2D eigenvalue weighted by Crippen LogP contribution is -2.60. The highest BCUT2D eigenvalue weighted by atomic mass is 35.5. The molecule has 1 atom stereocenters. The van der Waals surface area contributed by atoms with Gasteiger partial charge in [0.25, 0.3) is 0 Å². The van der Waals surface area contributed by atoms with E-state index in [1.165, 1.54) is 0 Å². The van der Waals surface area contributed by atoms with Gasteiger partial charge < -0.3 is 36.0 Å². The van der Waals surface area contributed by atoms with Crippen LogP contribution >= 0.6 is 11.6 Å². The number of piperazine rings is 1. The van der Waals surface area contributed by atoms with Crippen LogP contribution < -0.4 is 16.4 Å². The average Bonchev–Trinajstić information content (AvgIpc) is 3.30. The predicted octanol–water partition coefficient (Wildman–Crippen LogP) is 3.06. The van der Waals surface area contributed by atoms with Gasteiger partial charge in [-0.2, -0.15) is 0 Å². The fourth-order valence-electron chi connectivity index (χ4n) is 7.25. The molecule has 6 rings (SSSR count). The van der Waals surface area contributed by atoms with Gasteiger partial charge in [-0.1, -0.05) is 35.9 Å². The van der Waals surface area contributed by atoms with E-state index in [4.69, 9.17) is 17.3 Å². The molecule has 0 radical (unpaired) electrons. The predicted molar refractivity (Wildman–Crippen MR) is 184 cm³/mol. The second-order valence-electron chi connectivity index (χ2n) is 13.3. The molecule has 4 N–H and O–H groups in total. The highest BCUT2D eigenvalue weighted by Crippen LogP contribution is 2.28. The maximum absolute atomic E-state index is 14.1. The van der Waals surface area contributed by atoms with Gasteiger partial charge in [0.2, 0.25) is 5.91 Å². The molecule has 3 saturated heterocycles. The van der Waals surface area contributed by atoms with Gasteiger partial charge in [0, 0.05) is 83.6 Å². The number of nitrogens with zero attached hydrogens (tertiary/aromatic N) is 6. The Bertz CT molecular complexity index is 1440. The number of urea groups is 2. The first-order valence-electron chi connectivity index (χ1n) is 16.9. The Balaban J connectivity index is 1.09. The number of para-hydroxylation sites is 1. The van der Waals surface area contributed by atoms with Crippen molar-refractivity contribution in [3.8, 4) is 0 Å². The molecule has 0 unspecified atom stereocenters. The number of amides is 5. The summed E-state index contributed by atoms with van der Waals surface area (Å²) in [6.45, 7) is 10.4. The first-order valence-corrected chi connectivity index (χ1v) is 17.3. The number of hydrogen-bond donors (Lipinski definition) is 3. The molecule has 2 aromatic carbocycles. The number of likely N-dealkylation sites (tertiary alicyclic amines) is 1. The van der Waals surface area contributed by atoms with Gasteiger partial charge in [0.15, 0.2) is 0 Å². The first-order chi connectivity index (χ1) is 22.7. The van der Waals surface area contributed by atoms with Crippen LogP contribution in [0.15, 0.2) is 36.4 Å². The molecule has 4 heterocycles. The summed E-state index contributed by atoms with van der Waals surface area (Å²) in [4.78, 5) is 48.5. The highest BCUT2D eigenvalue weighted by molar-refractivity contribution is 6.33. The van der Waals surface area contributed by atoms with E-state index in [9.17, 15) is 14.4 Å². The minimum absolute atomic E-state index is 0.0330. The quantitative estimate of drug-likeness (QED) is 0.406. The van der Waals surface area contributed by atoms with Gasteiger partial charge in [-0.05, 0) is 68.6 Å². The largest absolute Gasteiger partial charge is 0.397 e. The summed E-state index contributed by atoms with van der Waals surface area (Å²) >= 11 is 6.42. The van der Waals surface area contributed by atoms with Crippen LogP contribution in [0.1, 0.15) is 36.0 Å². The molecule has 4 aliphatic rings. The third-order valence-corrected chi connectivity index (χ3v) is 10.5. The number of hydrazine groups is 1. The summed E-state index contributed by atoms with van der Waals surface area (Å²) in [5.41, 5.74) is 10.3. The molecule has 4 aliphatic heterocycles. The van der Waals surface area contributed by atoms with Gasteiger partial charge in [-0.15, -0.1) is 0 Å². The number of rotatable bonds is 6. The van der Waals surface area contributed by atoms with Crippen molar-refractivity contribution in [1.29, 1.82) is 0 Å². The van der Waals surface area contributed by atoms with Gasteiger partial charge in [0.05, 0.1) is 10.7 Å². The Kier molecular flexibility index (Phi) is 10.4. The number of nitrogens with one attached hydrogen (secondary N) is 2. The fraction of sp³-hybridized carbons (Fsp3) is 0.559. The number of benzene rings is 2. The van der Waals surface area contributed by atoms with E-state index >= 15 is 0 Å². The van der Waals surface area contributed by atoms with E-state index in [0.717, 1.165) is 68.1 Å². The van der Waals surface area contributed by atoms with Crippen LogP contribution in [0.3, 0.4) is 0 Å². The van der Waals surface area contributed by atoms with Gasteiger partial charge in [0.1, 0.15) is 6.04 Å². The number of nitrogens with two attached hydrogens (primary N) is 1. The fourth-order valence-corrected chi connectivity index (χ4v) is 7.54. The summed E-state index contributed by atoms with van der Waals surface area (Å²) in [7, 11) is 2.17. The molecule has 12 nitrogen and oxygen atoms in total. The smallest absolute Gasteiger partial charge is 0.322 e. The number of aryl methyl sites for hydroxylation is 1. The second kappa shape index (κ2) is 14.7. The third kappa shape index (κ3) is 7.77. The minimum Gasteiger partial charge on any atom is -0.397 e. The van der Waals surface area contributed by atoms with Crippen LogP contribution in [-0.4, -0.2) is 132 Å². The van der Waals surface area contributed by atoms with Gasteiger partial charge in [-0.3, -0.25) is 4.79 Å². The lowest BCUT2D eigenvalue weighted by Gasteiger charge is -2.42. The molecular weight excluding hydrogens is 618 g/mol. The van der Waals surface area contributed by atoms with Crippen LogP contribution in [0.5, 0.6) is 0 Å². The zero-order valence-electron chi connectivity index (χ0n) is 27.6. The van der Waals surface area contributed by atoms with Crippen LogP contribution in [-0.2, 0) is 17.8 Å². The Hall–Kier alpha value is -3.58. The summed E-state index contributed by atoms with van der Waals surface area (Å²) in [5.74, 6) is -0.0854. The van der Waals surface area contributed by atoms with E-state index in [-0.39, 0.29) is 24.0 Å². The van der Waals surface area contributed by atoms with E-state index in [2.05, 4.69) is 32.6 Å². The SMILES string of the molecule is Cc1cc(C[C@@H](NC(=O)N2CCC(N3Cc4ccccc4NC3=O)CC2)C(=O)N2CCN(N3CCCN(C)CC3)CC2)cc(Cl)c1N. The normalized spacial score (nSPS) is 21.2. The van der Waals surface area contributed by atoms with Gasteiger partial charge >= 0.3 is 12.1 Å². The summed E-state index contributed by atoms with van der Waals surface area (Å²) in [5, 5.41) is 11.3. The molecular formula is C34H48ClN9O3.